The Morgan fingerprint density at radius 1 is 1.14 bits per heavy atom. The van der Waals surface area contributed by atoms with Crippen LogP contribution in [0.15, 0.2) is 42.5 Å². The van der Waals surface area contributed by atoms with E-state index in [2.05, 4.69) is 44.2 Å². The lowest BCUT2D eigenvalue weighted by atomic mass is 9.82. The van der Waals surface area contributed by atoms with Crippen LogP contribution in [0.3, 0.4) is 0 Å². The van der Waals surface area contributed by atoms with Gasteiger partial charge in [-0.15, -0.1) is 5.06 Å². The maximum absolute atomic E-state index is 13.2. The molecule has 0 saturated heterocycles. The monoisotopic (exact) mass is 374 g/mol. The first-order valence-electron chi connectivity index (χ1n) is 10.0. The van der Waals surface area contributed by atoms with Crippen molar-refractivity contribution in [3.8, 4) is 0 Å². The summed E-state index contributed by atoms with van der Waals surface area (Å²) < 4.78 is 0. The van der Waals surface area contributed by atoms with E-state index in [0.29, 0.717) is 6.54 Å². The third-order valence-corrected chi connectivity index (χ3v) is 6.45. The molecule has 2 aromatic carbocycles. The van der Waals surface area contributed by atoms with E-state index in [4.69, 9.17) is 4.84 Å². The highest BCUT2D eigenvalue weighted by atomic mass is 16.7. The number of rotatable bonds is 1. The zero-order valence-corrected chi connectivity index (χ0v) is 17.1. The van der Waals surface area contributed by atoms with Gasteiger partial charge in [0.05, 0.1) is 18.3 Å². The van der Waals surface area contributed by atoms with Gasteiger partial charge in [-0.2, -0.15) is 0 Å². The third kappa shape index (κ3) is 2.12. The topological polar surface area (TPSA) is 32.8 Å². The zero-order valence-electron chi connectivity index (χ0n) is 17.1. The standard InChI is InChI=1S/C24H26N2O2/c1-14(2)23(27)26-13-15-9-6-7-10-16(15)21-20-19-17(11-8-12-18(19)26)24(3,4)22(20)25(5)28-21/h6-12,14,22H,13H2,1-5H3. The van der Waals surface area contributed by atoms with Gasteiger partial charge in [0, 0.05) is 35.1 Å². The summed E-state index contributed by atoms with van der Waals surface area (Å²) in [5.74, 6) is 1.03. The minimum Gasteiger partial charge on any atom is -0.405 e. The summed E-state index contributed by atoms with van der Waals surface area (Å²) in [4.78, 5) is 21.6. The van der Waals surface area contributed by atoms with Gasteiger partial charge in [0.2, 0.25) is 5.91 Å². The third-order valence-electron chi connectivity index (χ3n) is 6.45. The molecule has 144 valence electrons. The van der Waals surface area contributed by atoms with Crippen molar-refractivity contribution in [3.63, 3.8) is 0 Å². The fourth-order valence-corrected chi connectivity index (χ4v) is 5.19. The molecule has 4 heteroatoms. The summed E-state index contributed by atoms with van der Waals surface area (Å²) in [6, 6.07) is 14.8. The molecule has 1 aliphatic carbocycles. The van der Waals surface area contributed by atoms with Gasteiger partial charge in [0.1, 0.15) is 0 Å². The Balaban J connectivity index is 1.89. The summed E-state index contributed by atoms with van der Waals surface area (Å²) in [7, 11) is 2.02. The maximum Gasteiger partial charge on any atom is 0.229 e. The lowest BCUT2D eigenvalue weighted by molar-refractivity contribution is -0.121. The number of nitrogens with zero attached hydrogens (tertiary/aromatic N) is 2. The fourth-order valence-electron chi connectivity index (χ4n) is 5.19. The fraction of sp³-hybridized carbons (Fsp3) is 0.375. The molecule has 0 aromatic heterocycles. The van der Waals surface area contributed by atoms with E-state index in [9.17, 15) is 4.79 Å². The number of anilines is 1. The lowest BCUT2D eigenvalue weighted by Crippen LogP contribution is -2.39. The maximum atomic E-state index is 13.2. The van der Waals surface area contributed by atoms with Gasteiger partial charge in [-0.3, -0.25) is 4.79 Å². The second kappa shape index (κ2) is 5.71. The summed E-state index contributed by atoms with van der Waals surface area (Å²) in [5.41, 5.74) is 6.79. The Kier molecular flexibility index (Phi) is 3.57. The summed E-state index contributed by atoms with van der Waals surface area (Å²) in [6.45, 7) is 9.04. The second-order valence-electron chi connectivity index (χ2n) is 8.94. The molecule has 0 saturated carbocycles. The van der Waals surface area contributed by atoms with Gasteiger partial charge in [-0.05, 0) is 17.2 Å². The van der Waals surface area contributed by atoms with E-state index in [-0.39, 0.29) is 23.3 Å². The Bertz CT molecular complexity index is 1030. The SMILES string of the molecule is CC(C)C(=O)N1Cc2ccccc2C2=C3c4c1cccc4C(C)(C)C3N(C)O2. The zero-order chi connectivity index (χ0) is 19.8. The van der Waals surface area contributed by atoms with E-state index in [1.54, 1.807) is 0 Å². The van der Waals surface area contributed by atoms with Gasteiger partial charge >= 0.3 is 0 Å². The summed E-state index contributed by atoms with van der Waals surface area (Å²) in [6.07, 6.45) is 0. The van der Waals surface area contributed by atoms with Crippen LogP contribution in [0.25, 0.3) is 11.3 Å². The van der Waals surface area contributed by atoms with Crippen LogP contribution in [0.1, 0.15) is 49.9 Å². The Morgan fingerprint density at radius 2 is 1.89 bits per heavy atom. The van der Waals surface area contributed by atoms with E-state index in [0.717, 1.165) is 22.6 Å². The van der Waals surface area contributed by atoms with E-state index in [1.807, 2.05) is 43.0 Å². The van der Waals surface area contributed by atoms with Crippen LogP contribution in [0, 0.1) is 5.92 Å². The number of carbonyl (C=O) groups is 1. The molecule has 28 heavy (non-hydrogen) atoms. The molecule has 0 bridgehead atoms. The second-order valence-corrected chi connectivity index (χ2v) is 8.94. The van der Waals surface area contributed by atoms with Crippen molar-refractivity contribution >= 4 is 22.9 Å². The predicted octanol–water partition coefficient (Wildman–Crippen LogP) is 4.59. The van der Waals surface area contributed by atoms with Crippen LogP contribution in [0.4, 0.5) is 5.69 Å². The van der Waals surface area contributed by atoms with E-state index < -0.39 is 0 Å². The highest BCUT2D eigenvalue weighted by Crippen LogP contribution is 2.57. The number of hydrogen-bond acceptors (Lipinski definition) is 3. The Labute approximate surface area is 166 Å². The smallest absolute Gasteiger partial charge is 0.229 e. The number of hydroxylamine groups is 2. The average Bonchev–Trinajstić information content (AvgIpc) is 3.12. The number of likely N-dealkylation sites (N-methyl/N-ethyl adjacent to an activating group) is 1. The van der Waals surface area contributed by atoms with Crippen LogP contribution in [0.2, 0.25) is 0 Å². The number of fused-ring (bicyclic) bond motifs is 2. The van der Waals surface area contributed by atoms with Crippen molar-refractivity contribution in [2.45, 2.75) is 45.7 Å². The van der Waals surface area contributed by atoms with E-state index in [1.165, 1.54) is 16.7 Å². The number of hydrogen-bond donors (Lipinski definition) is 0. The van der Waals surface area contributed by atoms with Crippen LogP contribution >= 0.6 is 0 Å². The highest BCUT2D eigenvalue weighted by molar-refractivity contribution is 6.06. The molecule has 2 heterocycles. The van der Waals surface area contributed by atoms with Gasteiger partial charge in [-0.1, -0.05) is 64.1 Å². The van der Waals surface area contributed by atoms with Crippen molar-refractivity contribution in [1.29, 1.82) is 0 Å². The van der Waals surface area contributed by atoms with Crippen molar-refractivity contribution in [3.05, 3.63) is 64.7 Å². The molecule has 1 amide bonds. The number of benzene rings is 2. The molecule has 3 aliphatic rings. The molecule has 0 fully saturated rings. The molecular weight excluding hydrogens is 348 g/mol. The Morgan fingerprint density at radius 3 is 2.64 bits per heavy atom. The first-order valence-corrected chi connectivity index (χ1v) is 10.0. The normalized spacial score (nSPS) is 21.9. The summed E-state index contributed by atoms with van der Waals surface area (Å²) in [5, 5.41) is 1.99. The van der Waals surface area contributed by atoms with Crippen LogP contribution in [-0.4, -0.2) is 24.1 Å². The van der Waals surface area contributed by atoms with Crippen molar-refractivity contribution < 1.29 is 9.63 Å². The van der Waals surface area contributed by atoms with Crippen molar-refractivity contribution in [2.75, 3.05) is 11.9 Å². The molecule has 4 nitrogen and oxygen atoms in total. The lowest BCUT2D eigenvalue weighted by Gasteiger charge is -2.32. The Hall–Kier alpha value is -2.59. The average molecular weight is 374 g/mol. The summed E-state index contributed by atoms with van der Waals surface area (Å²) >= 11 is 0. The van der Waals surface area contributed by atoms with Crippen molar-refractivity contribution in [2.24, 2.45) is 5.92 Å². The molecule has 0 radical (unpaired) electrons. The largest absolute Gasteiger partial charge is 0.405 e. The van der Waals surface area contributed by atoms with Gasteiger partial charge in [0.15, 0.2) is 5.76 Å². The van der Waals surface area contributed by atoms with E-state index >= 15 is 0 Å². The van der Waals surface area contributed by atoms with Crippen LogP contribution < -0.4 is 4.90 Å². The van der Waals surface area contributed by atoms with Gasteiger partial charge < -0.3 is 9.74 Å². The molecule has 2 aromatic rings. The molecule has 0 spiro atoms. The number of amides is 1. The molecule has 5 rings (SSSR count). The number of carbonyl (C=O) groups excluding carboxylic acids is 1. The van der Waals surface area contributed by atoms with Gasteiger partial charge in [0.25, 0.3) is 0 Å². The quantitative estimate of drug-likeness (QED) is 0.732. The molecule has 0 N–H and O–H groups in total. The minimum atomic E-state index is -0.108. The first kappa shape index (κ1) is 17.5. The van der Waals surface area contributed by atoms with Crippen molar-refractivity contribution in [1.82, 2.24) is 5.06 Å². The molecule has 2 aliphatic heterocycles. The molecular formula is C24H26N2O2. The van der Waals surface area contributed by atoms with Gasteiger partial charge in [-0.25, -0.2) is 0 Å². The first-order chi connectivity index (χ1) is 13.3. The highest BCUT2D eigenvalue weighted by Gasteiger charge is 2.53. The minimum absolute atomic E-state index is 0.0661. The van der Waals surface area contributed by atoms with Crippen LogP contribution in [-0.2, 0) is 21.6 Å². The van der Waals surface area contributed by atoms with Crippen LogP contribution in [0.5, 0.6) is 0 Å². The molecule has 1 atom stereocenters. The molecule has 1 unspecified atom stereocenters. The predicted molar refractivity (Wildman–Crippen MR) is 111 cm³/mol.